The summed E-state index contributed by atoms with van der Waals surface area (Å²) in [6.07, 6.45) is 2.11. The van der Waals surface area contributed by atoms with Crippen molar-refractivity contribution in [2.75, 3.05) is 11.5 Å². The van der Waals surface area contributed by atoms with Crippen LogP contribution in [0.4, 0.5) is 0 Å². The van der Waals surface area contributed by atoms with Crippen LogP contribution in [0.2, 0.25) is 0 Å². The Kier molecular flexibility index (Phi) is 2.86. The van der Waals surface area contributed by atoms with Crippen LogP contribution in [0.1, 0.15) is 16.8 Å². The fourth-order valence-corrected chi connectivity index (χ4v) is 4.28. The van der Waals surface area contributed by atoms with Crippen LogP contribution in [0.3, 0.4) is 0 Å². The van der Waals surface area contributed by atoms with Gasteiger partial charge in [0.05, 0.1) is 17.0 Å². The third-order valence-corrected chi connectivity index (χ3v) is 5.28. The number of sulfone groups is 1. The number of pyridine rings is 1. The van der Waals surface area contributed by atoms with Gasteiger partial charge >= 0.3 is 0 Å². The van der Waals surface area contributed by atoms with Crippen LogP contribution in [-0.2, 0) is 9.84 Å². The average molecular weight is 275 g/mol. The Bertz CT molecular complexity index is 747. The minimum Gasteiger partial charge on any atom is -0.294 e. The van der Waals surface area contributed by atoms with E-state index >= 15 is 0 Å². The van der Waals surface area contributed by atoms with E-state index in [4.69, 9.17) is 0 Å². The number of carbonyl (C=O) groups excluding carboxylic acids is 1. The Hall–Kier alpha value is -1.75. The van der Waals surface area contributed by atoms with E-state index in [0.717, 1.165) is 10.9 Å². The maximum absolute atomic E-state index is 12.5. The van der Waals surface area contributed by atoms with E-state index in [1.54, 1.807) is 24.4 Å². The monoisotopic (exact) mass is 275 g/mol. The average Bonchev–Trinajstić information content (AvgIpc) is 2.78. The van der Waals surface area contributed by atoms with Gasteiger partial charge in [-0.3, -0.25) is 9.78 Å². The Morgan fingerprint density at radius 2 is 2.05 bits per heavy atom. The highest BCUT2D eigenvalue weighted by atomic mass is 32.2. The van der Waals surface area contributed by atoms with Crippen LogP contribution in [0, 0.1) is 5.92 Å². The molecule has 1 fully saturated rings. The lowest BCUT2D eigenvalue weighted by Gasteiger charge is -2.09. The number of Topliss-reactive ketones (excluding diaryl/α,β-unsaturated/α-hetero) is 1. The molecule has 0 N–H and O–H groups in total. The summed E-state index contributed by atoms with van der Waals surface area (Å²) >= 11 is 0. The van der Waals surface area contributed by atoms with Crippen molar-refractivity contribution in [1.29, 1.82) is 0 Å². The summed E-state index contributed by atoms with van der Waals surface area (Å²) in [5, 5.41) is 0.791. The van der Waals surface area contributed by atoms with Crippen LogP contribution in [0.5, 0.6) is 0 Å². The zero-order chi connectivity index (χ0) is 13.5. The molecule has 98 valence electrons. The molecule has 1 aromatic heterocycles. The highest BCUT2D eigenvalue weighted by molar-refractivity contribution is 7.91. The van der Waals surface area contributed by atoms with Crippen molar-refractivity contribution in [3.8, 4) is 0 Å². The quantitative estimate of drug-likeness (QED) is 0.785. The highest BCUT2D eigenvalue weighted by Gasteiger charge is 2.33. The number of benzene rings is 1. The minimum absolute atomic E-state index is 0.0253. The van der Waals surface area contributed by atoms with Crippen LogP contribution < -0.4 is 0 Å². The molecule has 1 aromatic carbocycles. The second-order valence-corrected chi connectivity index (χ2v) is 7.07. The first-order valence-corrected chi connectivity index (χ1v) is 7.97. The molecule has 0 spiro atoms. The molecule has 1 aliphatic rings. The van der Waals surface area contributed by atoms with Gasteiger partial charge in [0.15, 0.2) is 15.6 Å². The van der Waals surface area contributed by atoms with Crippen molar-refractivity contribution in [2.45, 2.75) is 6.42 Å². The van der Waals surface area contributed by atoms with Gasteiger partial charge in [-0.05, 0) is 18.6 Å². The van der Waals surface area contributed by atoms with Crippen LogP contribution in [0.15, 0.2) is 36.5 Å². The number of hydrogen-bond acceptors (Lipinski definition) is 4. The Morgan fingerprint density at radius 3 is 2.79 bits per heavy atom. The first kappa shape index (κ1) is 12.3. The maximum atomic E-state index is 12.5. The number of nitrogens with zero attached hydrogens (tertiary/aromatic N) is 1. The van der Waals surface area contributed by atoms with Gasteiger partial charge in [-0.1, -0.05) is 18.2 Å². The molecule has 0 saturated carbocycles. The van der Waals surface area contributed by atoms with E-state index in [-0.39, 0.29) is 17.3 Å². The minimum atomic E-state index is -3.04. The van der Waals surface area contributed by atoms with Crippen molar-refractivity contribution >= 4 is 26.5 Å². The lowest BCUT2D eigenvalue weighted by molar-refractivity contribution is 0.0935. The predicted molar refractivity (Wildman–Crippen MR) is 72.8 cm³/mol. The predicted octanol–water partition coefficient (Wildman–Crippen LogP) is 1.85. The summed E-state index contributed by atoms with van der Waals surface area (Å²) in [4.78, 5) is 16.7. The van der Waals surface area contributed by atoms with Gasteiger partial charge < -0.3 is 0 Å². The molecule has 0 bridgehead atoms. The zero-order valence-electron chi connectivity index (χ0n) is 10.2. The van der Waals surface area contributed by atoms with Gasteiger partial charge in [0.2, 0.25) is 0 Å². The van der Waals surface area contributed by atoms with Crippen molar-refractivity contribution in [3.05, 3.63) is 42.1 Å². The van der Waals surface area contributed by atoms with Gasteiger partial charge in [0.1, 0.15) is 0 Å². The molecule has 19 heavy (non-hydrogen) atoms. The summed E-state index contributed by atoms with van der Waals surface area (Å²) < 4.78 is 23.0. The smallest absolute Gasteiger partial charge is 0.167 e. The van der Waals surface area contributed by atoms with Crippen LogP contribution in [-0.4, -0.2) is 30.7 Å². The molecule has 1 unspecified atom stereocenters. The number of ketones is 1. The van der Waals surface area contributed by atoms with Crippen LogP contribution in [0.25, 0.3) is 10.9 Å². The number of carbonyl (C=O) groups is 1. The summed E-state index contributed by atoms with van der Waals surface area (Å²) in [6.45, 7) is 0. The fraction of sp³-hybridized carbons (Fsp3) is 0.286. The second-order valence-electron chi connectivity index (χ2n) is 4.84. The summed E-state index contributed by atoms with van der Waals surface area (Å²) in [6, 6.07) is 9.00. The molecule has 0 radical (unpaired) electrons. The van der Waals surface area contributed by atoms with Crippen molar-refractivity contribution < 1.29 is 13.2 Å². The second kappa shape index (κ2) is 4.42. The van der Waals surface area contributed by atoms with E-state index in [0.29, 0.717) is 12.0 Å². The lowest BCUT2D eigenvalue weighted by atomic mass is 9.94. The third kappa shape index (κ3) is 2.26. The molecule has 2 aromatic rings. The molecule has 0 amide bonds. The lowest BCUT2D eigenvalue weighted by Crippen LogP contribution is -2.16. The van der Waals surface area contributed by atoms with Crippen molar-refractivity contribution in [1.82, 2.24) is 4.98 Å². The van der Waals surface area contributed by atoms with Crippen molar-refractivity contribution in [3.63, 3.8) is 0 Å². The molecule has 1 atom stereocenters. The number of fused-ring (bicyclic) bond motifs is 1. The molecule has 0 aliphatic carbocycles. The first-order chi connectivity index (χ1) is 9.07. The SMILES string of the molecule is O=C(c1cccc2ncccc12)C1CCS(=O)(=O)C1. The number of hydrogen-bond donors (Lipinski definition) is 0. The molecular formula is C14H13NO3S. The normalized spacial score (nSPS) is 21.6. The van der Waals surface area contributed by atoms with E-state index in [1.807, 2.05) is 12.1 Å². The molecule has 1 saturated heterocycles. The van der Waals surface area contributed by atoms with Gasteiger partial charge in [0, 0.05) is 23.1 Å². The summed E-state index contributed by atoms with van der Waals surface area (Å²) in [5.41, 5.74) is 1.34. The Morgan fingerprint density at radius 1 is 1.21 bits per heavy atom. The van der Waals surface area contributed by atoms with E-state index < -0.39 is 15.8 Å². The van der Waals surface area contributed by atoms with E-state index in [1.165, 1.54) is 0 Å². The summed E-state index contributed by atoms with van der Waals surface area (Å²) in [7, 11) is -3.04. The fourth-order valence-electron chi connectivity index (χ4n) is 2.54. The largest absolute Gasteiger partial charge is 0.294 e. The topological polar surface area (TPSA) is 64.1 Å². The number of aromatic nitrogens is 1. The van der Waals surface area contributed by atoms with Gasteiger partial charge in [-0.15, -0.1) is 0 Å². The van der Waals surface area contributed by atoms with Crippen molar-refractivity contribution in [2.24, 2.45) is 5.92 Å². The van der Waals surface area contributed by atoms with E-state index in [9.17, 15) is 13.2 Å². The van der Waals surface area contributed by atoms with Gasteiger partial charge in [0.25, 0.3) is 0 Å². The van der Waals surface area contributed by atoms with E-state index in [2.05, 4.69) is 4.98 Å². The molecule has 3 rings (SSSR count). The molecule has 5 heteroatoms. The Balaban J connectivity index is 2.03. The number of rotatable bonds is 2. The molecular weight excluding hydrogens is 262 g/mol. The maximum Gasteiger partial charge on any atom is 0.167 e. The summed E-state index contributed by atoms with van der Waals surface area (Å²) in [5.74, 6) is -0.398. The van der Waals surface area contributed by atoms with Gasteiger partial charge in [-0.2, -0.15) is 0 Å². The van der Waals surface area contributed by atoms with Gasteiger partial charge in [-0.25, -0.2) is 8.42 Å². The Labute approximate surface area is 111 Å². The highest BCUT2D eigenvalue weighted by Crippen LogP contribution is 2.26. The first-order valence-electron chi connectivity index (χ1n) is 6.15. The molecule has 4 nitrogen and oxygen atoms in total. The molecule has 2 heterocycles. The third-order valence-electron chi connectivity index (χ3n) is 3.51. The zero-order valence-corrected chi connectivity index (χ0v) is 11.1. The standard InChI is InChI=1S/C14H13NO3S/c16-14(10-6-8-19(17,18)9-10)12-3-1-5-13-11(12)4-2-7-15-13/h1-5,7,10H,6,8-9H2. The molecule has 1 aliphatic heterocycles. The van der Waals surface area contributed by atoms with Crippen LogP contribution >= 0.6 is 0 Å².